The lowest BCUT2D eigenvalue weighted by Gasteiger charge is -2.13. The second-order valence-corrected chi connectivity index (χ2v) is 6.68. The molecular weight excluding hydrogens is 334 g/mol. The fraction of sp³-hybridized carbons (Fsp3) is 0.217. The summed E-state index contributed by atoms with van der Waals surface area (Å²) in [4.78, 5) is 0. The predicted octanol–water partition coefficient (Wildman–Crippen LogP) is 5.41. The Kier molecular flexibility index (Phi) is 4.40. The van der Waals surface area contributed by atoms with Crippen molar-refractivity contribution >= 4 is 10.8 Å². The number of aromatic nitrogens is 3. The predicted molar refractivity (Wildman–Crippen MR) is 110 cm³/mol. The van der Waals surface area contributed by atoms with Crippen LogP contribution >= 0.6 is 0 Å². The normalized spacial score (nSPS) is 11.1. The number of hydrogen-bond acceptors (Lipinski definition) is 3. The summed E-state index contributed by atoms with van der Waals surface area (Å²) in [5, 5.41) is 11.1. The Balaban J connectivity index is 2.06. The zero-order valence-electron chi connectivity index (χ0n) is 16.2. The van der Waals surface area contributed by atoms with Crippen LogP contribution in [0.25, 0.3) is 27.7 Å². The van der Waals surface area contributed by atoms with Crippen LogP contribution in [0.3, 0.4) is 0 Å². The zero-order valence-corrected chi connectivity index (χ0v) is 16.2. The Bertz CT molecular complexity index is 1100. The van der Waals surface area contributed by atoms with Gasteiger partial charge in [-0.2, -0.15) is 10.2 Å². The molecule has 2 aromatic carbocycles. The van der Waals surface area contributed by atoms with Crippen LogP contribution in [0.5, 0.6) is 5.75 Å². The van der Waals surface area contributed by atoms with Gasteiger partial charge >= 0.3 is 0 Å². The molecule has 0 saturated carbocycles. The summed E-state index contributed by atoms with van der Waals surface area (Å²) < 4.78 is 7.91. The minimum Gasteiger partial charge on any atom is -0.494 e. The van der Waals surface area contributed by atoms with E-state index in [4.69, 9.17) is 4.74 Å². The average molecular weight is 357 g/mol. The highest BCUT2D eigenvalue weighted by Crippen LogP contribution is 2.38. The standard InChI is InChI=1S/C23H23N3O/c1-5-27-20-13-11-19(12-14-20)26-17(4)21-15(2)24-25-16(3)22(21)23(26)18-9-7-6-8-10-18/h6-14H,5H2,1-4H3. The van der Waals surface area contributed by atoms with E-state index in [2.05, 4.69) is 58.1 Å². The second kappa shape index (κ2) is 6.88. The van der Waals surface area contributed by atoms with Crippen LogP contribution in [0.1, 0.15) is 24.0 Å². The van der Waals surface area contributed by atoms with Gasteiger partial charge in [0.15, 0.2) is 0 Å². The van der Waals surface area contributed by atoms with E-state index < -0.39 is 0 Å². The zero-order chi connectivity index (χ0) is 19.0. The van der Waals surface area contributed by atoms with Gasteiger partial charge in [0.1, 0.15) is 5.75 Å². The minimum atomic E-state index is 0.663. The van der Waals surface area contributed by atoms with Gasteiger partial charge in [0.05, 0.1) is 23.7 Å². The molecule has 0 aliphatic heterocycles. The topological polar surface area (TPSA) is 39.9 Å². The van der Waals surface area contributed by atoms with Crippen molar-refractivity contribution in [1.82, 2.24) is 14.8 Å². The van der Waals surface area contributed by atoms with Gasteiger partial charge in [0.2, 0.25) is 0 Å². The van der Waals surface area contributed by atoms with E-state index in [1.807, 2.05) is 39.0 Å². The van der Waals surface area contributed by atoms with Crippen LogP contribution in [-0.4, -0.2) is 21.4 Å². The number of aryl methyl sites for hydroxylation is 3. The lowest BCUT2D eigenvalue weighted by atomic mass is 10.1. The van der Waals surface area contributed by atoms with E-state index >= 15 is 0 Å². The molecule has 136 valence electrons. The summed E-state index contributed by atoms with van der Waals surface area (Å²) in [7, 11) is 0. The van der Waals surface area contributed by atoms with Crippen molar-refractivity contribution in [3.05, 3.63) is 71.7 Å². The van der Waals surface area contributed by atoms with Gasteiger partial charge in [0.25, 0.3) is 0 Å². The highest BCUT2D eigenvalue weighted by Gasteiger charge is 2.21. The molecule has 0 aliphatic carbocycles. The first kappa shape index (κ1) is 17.3. The van der Waals surface area contributed by atoms with E-state index in [1.54, 1.807) is 0 Å². The maximum absolute atomic E-state index is 5.61. The molecule has 2 aromatic heterocycles. The van der Waals surface area contributed by atoms with Crippen molar-refractivity contribution in [1.29, 1.82) is 0 Å². The van der Waals surface area contributed by atoms with E-state index in [0.29, 0.717) is 6.61 Å². The largest absolute Gasteiger partial charge is 0.494 e. The molecule has 0 unspecified atom stereocenters. The van der Waals surface area contributed by atoms with Crippen molar-refractivity contribution in [2.24, 2.45) is 0 Å². The maximum atomic E-state index is 5.61. The van der Waals surface area contributed by atoms with Gasteiger partial charge in [-0.3, -0.25) is 0 Å². The highest BCUT2D eigenvalue weighted by molar-refractivity contribution is 6.01. The third-order valence-corrected chi connectivity index (χ3v) is 4.93. The first-order valence-electron chi connectivity index (χ1n) is 9.25. The van der Waals surface area contributed by atoms with Gasteiger partial charge in [-0.05, 0) is 57.5 Å². The van der Waals surface area contributed by atoms with Crippen LogP contribution in [0.15, 0.2) is 54.6 Å². The average Bonchev–Trinajstić information content (AvgIpc) is 3.01. The lowest BCUT2D eigenvalue weighted by Crippen LogP contribution is -2.00. The summed E-state index contributed by atoms with van der Waals surface area (Å²) in [5.41, 5.74) is 6.49. The lowest BCUT2D eigenvalue weighted by molar-refractivity contribution is 0.340. The van der Waals surface area contributed by atoms with Gasteiger partial charge in [-0.25, -0.2) is 0 Å². The van der Waals surface area contributed by atoms with Gasteiger partial charge in [0, 0.05) is 22.2 Å². The van der Waals surface area contributed by atoms with Gasteiger partial charge in [-0.1, -0.05) is 30.3 Å². The maximum Gasteiger partial charge on any atom is 0.119 e. The number of hydrogen-bond donors (Lipinski definition) is 0. The molecule has 4 aromatic rings. The number of nitrogens with zero attached hydrogens (tertiary/aromatic N) is 3. The molecule has 0 N–H and O–H groups in total. The molecule has 0 amide bonds. The molecule has 0 saturated heterocycles. The second-order valence-electron chi connectivity index (χ2n) is 6.68. The third kappa shape index (κ3) is 2.87. The fourth-order valence-corrected chi connectivity index (χ4v) is 3.79. The van der Waals surface area contributed by atoms with Crippen LogP contribution in [-0.2, 0) is 0 Å². The first-order chi connectivity index (χ1) is 13.1. The van der Waals surface area contributed by atoms with Crippen molar-refractivity contribution in [3.8, 4) is 22.7 Å². The quantitative estimate of drug-likeness (QED) is 0.490. The number of ether oxygens (including phenoxy) is 1. The molecule has 0 aliphatic rings. The van der Waals surface area contributed by atoms with Crippen molar-refractivity contribution < 1.29 is 4.74 Å². The Hall–Kier alpha value is -3.14. The molecule has 4 heteroatoms. The third-order valence-electron chi connectivity index (χ3n) is 4.93. The number of rotatable bonds is 4. The van der Waals surface area contributed by atoms with Crippen LogP contribution in [0.4, 0.5) is 0 Å². The summed E-state index contributed by atoms with van der Waals surface area (Å²) >= 11 is 0. The number of benzene rings is 2. The Labute approximate surface area is 159 Å². The highest BCUT2D eigenvalue weighted by atomic mass is 16.5. The van der Waals surface area contributed by atoms with E-state index in [-0.39, 0.29) is 0 Å². The summed E-state index contributed by atoms with van der Waals surface area (Å²) in [6.07, 6.45) is 0. The Morgan fingerprint density at radius 1 is 0.815 bits per heavy atom. The molecule has 0 spiro atoms. The Morgan fingerprint density at radius 3 is 2.07 bits per heavy atom. The first-order valence-corrected chi connectivity index (χ1v) is 9.25. The monoisotopic (exact) mass is 357 g/mol. The van der Waals surface area contributed by atoms with Crippen LogP contribution in [0, 0.1) is 20.8 Å². The summed E-state index contributed by atoms with van der Waals surface area (Å²) in [6.45, 7) is 8.87. The van der Waals surface area contributed by atoms with Crippen LogP contribution < -0.4 is 4.74 Å². The smallest absolute Gasteiger partial charge is 0.119 e. The minimum absolute atomic E-state index is 0.663. The summed E-state index contributed by atoms with van der Waals surface area (Å²) in [5.74, 6) is 0.882. The molecule has 0 bridgehead atoms. The van der Waals surface area contributed by atoms with Crippen LogP contribution in [0.2, 0.25) is 0 Å². The van der Waals surface area contributed by atoms with Crippen molar-refractivity contribution in [2.75, 3.05) is 6.61 Å². The molecule has 4 nitrogen and oxygen atoms in total. The van der Waals surface area contributed by atoms with E-state index in [1.165, 1.54) is 22.0 Å². The fourth-order valence-electron chi connectivity index (χ4n) is 3.79. The van der Waals surface area contributed by atoms with Crippen molar-refractivity contribution in [3.63, 3.8) is 0 Å². The molecule has 0 radical (unpaired) electrons. The molecular formula is C23H23N3O. The SMILES string of the molecule is CCOc1ccc(-n2c(C)c3c(C)nnc(C)c3c2-c2ccccc2)cc1. The van der Waals surface area contributed by atoms with Crippen molar-refractivity contribution in [2.45, 2.75) is 27.7 Å². The van der Waals surface area contributed by atoms with E-state index in [0.717, 1.165) is 28.5 Å². The molecule has 2 heterocycles. The molecule has 4 rings (SSSR count). The molecule has 27 heavy (non-hydrogen) atoms. The van der Waals surface area contributed by atoms with Gasteiger partial charge < -0.3 is 9.30 Å². The van der Waals surface area contributed by atoms with Gasteiger partial charge in [-0.15, -0.1) is 0 Å². The summed E-state index contributed by atoms with van der Waals surface area (Å²) in [6, 6.07) is 18.7. The molecule has 0 fully saturated rings. The van der Waals surface area contributed by atoms with E-state index in [9.17, 15) is 0 Å². The Morgan fingerprint density at radius 2 is 1.44 bits per heavy atom. The molecule has 0 atom stereocenters. The number of fused-ring (bicyclic) bond motifs is 1.